The lowest BCUT2D eigenvalue weighted by Gasteiger charge is -2.35. The summed E-state index contributed by atoms with van der Waals surface area (Å²) in [4.78, 5) is 26.2. The Balaban J connectivity index is 1.18. The molecule has 3 aromatic rings. The number of hydrogen-bond donors (Lipinski definition) is 0. The number of carbonyl (C=O) groups is 1. The molecule has 2 saturated heterocycles. The highest BCUT2D eigenvalue weighted by Gasteiger charge is 2.27. The standard InChI is InChI=1S/C26H32N6O4S/c1-19(2)25-28-24(29-36-25)21-8-11-23(27-18-21)30-14-16-31(17-15-30)26(33)20-6-9-22(10-7-20)37(34,35)32-12-4-3-5-13-32/h6-11,18-19H,3-5,12-17H2,1-2H3. The Morgan fingerprint density at radius 3 is 2.22 bits per heavy atom. The van der Waals surface area contributed by atoms with E-state index in [1.165, 1.54) is 4.31 Å². The molecule has 2 aliphatic heterocycles. The lowest BCUT2D eigenvalue weighted by Crippen LogP contribution is -2.49. The van der Waals surface area contributed by atoms with Crippen LogP contribution in [0.15, 0.2) is 52.0 Å². The monoisotopic (exact) mass is 524 g/mol. The Hall–Kier alpha value is -3.31. The Labute approximate surface area is 217 Å². The third-order valence-corrected chi connectivity index (χ3v) is 8.80. The molecule has 2 aromatic heterocycles. The zero-order chi connectivity index (χ0) is 26.0. The minimum Gasteiger partial charge on any atom is -0.353 e. The van der Waals surface area contributed by atoms with Crippen LogP contribution in [0.5, 0.6) is 0 Å². The van der Waals surface area contributed by atoms with Crippen molar-refractivity contribution >= 4 is 21.7 Å². The summed E-state index contributed by atoms with van der Waals surface area (Å²) in [5, 5.41) is 4.03. The van der Waals surface area contributed by atoms with Crippen molar-refractivity contribution in [3.63, 3.8) is 0 Å². The molecular formula is C26H32N6O4S. The van der Waals surface area contributed by atoms with Crippen LogP contribution in [0, 0.1) is 0 Å². The molecule has 5 rings (SSSR count). The third-order valence-electron chi connectivity index (χ3n) is 6.89. The van der Waals surface area contributed by atoms with E-state index in [0.717, 1.165) is 30.6 Å². The van der Waals surface area contributed by atoms with Gasteiger partial charge in [-0.3, -0.25) is 4.79 Å². The maximum absolute atomic E-state index is 13.1. The number of nitrogens with zero attached hydrogens (tertiary/aromatic N) is 6. The summed E-state index contributed by atoms with van der Waals surface area (Å²) in [5.41, 5.74) is 1.29. The molecule has 10 nitrogen and oxygen atoms in total. The minimum atomic E-state index is -3.51. The summed E-state index contributed by atoms with van der Waals surface area (Å²) in [6.07, 6.45) is 4.58. The third kappa shape index (κ3) is 5.37. The summed E-state index contributed by atoms with van der Waals surface area (Å²) < 4.78 is 32.6. The van der Waals surface area contributed by atoms with Crippen LogP contribution in [0.2, 0.25) is 0 Å². The summed E-state index contributed by atoms with van der Waals surface area (Å²) in [7, 11) is -3.51. The molecule has 37 heavy (non-hydrogen) atoms. The summed E-state index contributed by atoms with van der Waals surface area (Å²) in [5.74, 6) is 2.02. The molecule has 11 heteroatoms. The zero-order valence-electron chi connectivity index (χ0n) is 21.2. The number of pyridine rings is 1. The predicted molar refractivity (Wildman–Crippen MR) is 139 cm³/mol. The predicted octanol–water partition coefficient (Wildman–Crippen LogP) is 3.39. The van der Waals surface area contributed by atoms with Gasteiger partial charge in [-0.05, 0) is 49.2 Å². The average molecular weight is 525 g/mol. The van der Waals surface area contributed by atoms with E-state index >= 15 is 0 Å². The number of piperazine rings is 1. The van der Waals surface area contributed by atoms with Gasteiger partial charge in [-0.2, -0.15) is 9.29 Å². The van der Waals surface area contributed by atoms with E-state index in [9.17, 15) is 13.2 Å². The quantitative estimate of drug-likeness (QED) is 0.482. The van der Waals surface area contributed by atoms with Crippen molar-refractivity contribution < 1.29 is 17.7 Å². The second-order valence-corrected chi connectivity index (χ2v) is 11.7. The molecule has 2 aliphatic rings. The van der Waals surface area contributed by atoms with Gasteiger partial charge >= 0.3 is 0 Å². The lowest BCUT2D eigenvalue weighted by molar-refractivity contribution is 0.0746. The molecule has 0 aliphatic carbocycles. The SMILES string of the molecule is CC(C)c1nc(-c2ccc(N3CCN(C(=O)c4ccc(S(=O)(=O)N5CCCCC5)cc4)CC3)nc2)no1. The van der Waals surface area contributed by atoms with Crippen LogP contribution < -0.4 is 4.90 Å². The number of piperidine rings is 1. The normalized spacial score (nSPS) is 17.4. The van der Waals surface area contributed by atoms with Gasteiger partial charge in [-0.1, -0.05) is 25.4 Å². The Morgan fingerprint density at radius 2 is 1.62 bits per heavy atom. The molecule has 196 valence electrons. The Morgan fingerprint density at radius 1 is 0.919 bits per heavy atom. The van der Waals surface area contributed by atoms with E-state index < -0.39 is 10.0 Å². The highest BCUT2D eigenvalue weighted by Crippen LogP contribution is 2.23. The van der Waals surface area contributed by atoms with E-state index in [0.29, 0.717) is 56.5 Å². The molecule has 4 heterocycles. The molecule has 1 amide bonds. The van der Waals surface area contributed by atoms with Gasteiger partial charge in [-0.15, -0.1) is 0 Å². The molecule has 0 spiro atoms. The molecule has 0 saturated carbocycles. The Bertz CT molecular complexity index is 1320. The van der Waals surface area contributed by atoms with Crippen LogP contribution in [-0.4, -0.2) is 77.9 Å². The first-order valence-corrected chi connectivity index (χ1v) is 14.2. The van der Waals surface area contributed by atoms with Gasteiger partial charge in [0.05, 0.1) is 4.90 Å². The first-order valence-electron chi connectivity index (χ1n) is 12.8. The number of aromatic nitrogens is 3. The second kappa shape index (κ2) is 10.6. The van der Waals surface area contributed by atoms with Crippen molar-refractivity contribution in [1.29, 1.82) is 0 Å². The van der Waals surface area contributed by atoms with Crippen LogP contribution in [0.3, 0.4) is 0 Å². The van der Waals surface area contributed by atoms with Crippen molar-refractivity contribution in [3.8, 4) is 11.4 Å². The summed E-state index contributed by atoms with van der Waals surface area (Å²) in [6, 6.07) is 10.2. The topological polar surface area (TPSA) is 113 Å². The van der Waals surface area contributed by atoms with Gasteiger partial charge in [0.1, 0.15) is 5.82 Å². The van der Waals surface area contributed by atoms with Crippen LogP contribution in [0.1, 0.15) is 55.3 Å². The van der Waals surface area contributed by atoms with Crippen molar-refractivity contribution in [2.45, 2.75) is 43.9 Å². The fourth-order valence-corrected chi connectivity index (χ4v) is 6.15. The van der Waals surface area contributed by atoms with E-state index in [4.69, 9.17) is 4.52 Å². The molecular weight excluding hydrogens is 492 g/mol. The van der Waals surface area contributed by atoms with Gasteiger partial charge < -0.3 is 14.3 Å². The fourth-order valence-electron chi connectivity index (χ4n) is 4.64. The number of hydrogen-bond acceptors (Lipinski definition) is 8. The van der Waals surface area contributed by atoms with Crippen molar-refractivity contribution in [1.82, 2.24) is 24.3 Å². The van der Waals surface area contributed by atoms with Crippen molar-refractivity contribution in [3.05, 3.63) is 54.0 Å². The first-order chi connectivity index (χ1) is 17.8. The zero-order valence-corrected chi connectivity index (χ0v) is 22.0. The number of carbonyl (C=O) groups excluding carboxylic acids is 1. The van der Waals surface area contributed by atoms with Crippen molar-refractivity contribution in [2.24, 2.45) is 0 Å². The smallest absolute Gasteiger partial charge is 0.253 e. The van der Waals surface area contributed by atoms with Gasteiger partial charge in [0.2, 0.25) is 21.7 Å². The highest BCUT2D eigenvalue weighted by molar-refractivity contribution is 7.89. The highest BCUT2D eigenvalue weighted by atomic mass is 32.2. The largest absolute Gasteiger partial charge is 0.353 e. The fraction of sp³-hybridized carbons (Fsp3) is 0.462. The number of amides is 1. The Kier molecular flexibility index (Phi) is 7.25. The minimum absolute atomic E-state index is 0.0945. The molecule has 2 fully saturated rings. The van der Waals surface area contributed by atoms with Gasteiger partial charge in [-0.25, -0.2) is 13.4 Å². The van der Waals surface area contributed by atoms with Gasteiger partial charge in [0, 0.05) is 62.5 Å². The van der Waals surface area contributed by atoms with Crippen LogP contribution in [0.25, 0.3) is 11.4 Å². The maximum atomic E-state index is 13.1. The summed E-state index contributed by atoms with van der Waals surface area (Å²) >= 11 is 0. The maximum Gasteiger partial charge on any atom is 0.253 e. The number of rotatable bonds is 6. The van der Waals surface area contributed by atoms with Crippen molar-refractivity contribution in [2.75, 3.05) is 44.2 Å². The lowest BCUT2D eigenvalue weighted by atomic mass is 10.2. The van der Waals surface area contributed by atoms with Crippen LogP contribution in [0.4, 0.5) is 5.82 Å². The summed E-state index contributed by atoms with van der Waals surface area (Å²) in [6.45, 7) is 7.52. The van der Waals surface area contributed by atoms with E-state index in [1.807, 2.05) is 26.0 Å². The number of sulfonamides is 1. The molecule has 0 unspecified atom stereocenters. The first kappa shape index (κ1) is 25.3. The molecule has 0 atom stereocenters. The number of anilines is 1. The van der Waals surface area contributed by atoms with Gasteiger partial charge in [0.15, 0.2) is 0 Å². The van der Waals surface area contributed by atoms with Crippen LogP contribution in [-0.2, 0) is 10.0 Å². The van der Waals surface area contributed by atoms with Gasteiger partial charge in [0.25, 0.3) is 5.91 Å². The van der Waals surface area contributed by atoms with E-state index in [2.05, 4.69) is 20.0 Å². The van der Waals surface area contributed by atoms with E-state index in [-0.39, 0.29) is 16.7 Å². The number of benzene rings is 1. The van der Waals surface area contributed by atoms with E-state index in [1.54, 1.807) is 35.4 Å². The van der Waals surface area contributed by atoms with Crippen LogP contribution >= 0.6 is 0 Å². The molecule has 0 bridgehead atoms. The molecule has 0 N–H and O–H groups in total. The molecule has 1 aromatic carbocycles. The second-order valence-electron chi connectivity index (χ2n) is 9.78. The average Bonchev–Trinajstić information content (AvgIpc) is 3.44. The molecule has 0 radical (unpaired) electrons.